The molecule has 3 aromatic rings. The average molecular weight is 515 g/mol. The minimum atomic E-state index is -0.345. The third kappa shape index (κ3) is 5.75. The van der Waals surface area contributed by atoms with Crippen molar-refractivity contribution in [3.05, 3.63) is 93.3 Å². The van der Waals surface area contributed by atoms with Crippen LogP contribution < -0.4 is 15.0 Å². The second-order valence-electron chi connectivity index (χ2n) is 6.89. The molecule has 0 aromatic heterocycles. The van der Waals surface area contributed by atoms with Crippen molar-refractivity contribution in [1.82, 2.24) is 0 Å². The topological polar surface area (TPSA) is 58.6 Å². The van der Waals surface area contributed by atoms with Crippen molar-refractivity contribution in [1.29, 1.82) is 0 Å². The fourth-order valence-electron chi connectivity index (χ4n) is 3.03. The monoisotopic (exact) mass is 514 g/mol. The van der Waals surface area contributed by atoms with Crippen LogP contribution in [0.25, 0.3) is 6.08 Å². The van der Waals surface area contributed by atoms with Gasteiger partial charge in [0.25, 0.3) is 11.8 Å². The number of para-hydroxylation sites is 1. The van der Waals surface area contributed by atoms with E-state index in [1.165, 1.54) is 16.7 Å². The highest BCUT2D eigenvalue weighted by molar-refractivity contribution is 8.27. The van der Waals surface area contributed by atoms with Crippen molar-refractivity contribution in [3.63, 3.8) is 0 Å². The number of thiocarbonyl (C=S) groups is 1. The molecule has 1 fully saturated rings. The molecule has 0 spiro atoms. The molecule has 0 saturated carbocycles. The molecule has 0 bridgehead atoms. The lowest BCUT2D eigenvalue weighted by Crippen LogP contribution is -2.27. The number of anilines is 2. The second kappa shape index (κ2) is 10.4. The minimum absolute atomic E-state index is 0.177. The van der Waals surface area contributed by atoms with Gasteiger partial charge in [0, 0.05) is 5.69 Å². The van der Waals surface area contributed by atoms with E-state index in [9.17, 15) is 9.59 Å². The van der Waals surface area contributed by atoms with E-state index in [1.54, 1.807) is 42.5 Å². The summed E-state index contributed by atoms with van der Waals surface area (Å²) in [6, 6.07) is 21.2. The summed E-state index contributed by atoms with van der Waals surface area (Å²) in [5.74, 6) is -0.0300. The van der Waals surface area contributed by atoms with Crippen LogP contribution in [0.15, 0.2) is 77.7 Å². The van der Waals surface area contributed by atoms with Gasteiger partial charge in [-0.2, -0.15) is 0 Å². The Kier molecular flexibility index (Phi) is 7.35. The van der Waals surface area contributed by atoms with Gasteiger partial charge in [-0.15, -0.1) is 0 Å². The van der Waals surface area contributed by atoms with E-state index in [-0.39, 0.29) is 18.4 Å². The summed E-state index contributed by atoms with van der Waals surface area (Å²) in [5.41, 5.74) is 2.01. The summed E-state index contributed by atoms with van der Waals surface area (Å²) in [6.07, 6.45) is 1.75. The summed E-state index contributed by atoms with van der Waals surface area (Å²) in [5, 5.41) is 3.45. The Balaban J connectivity index is 1.41. The molecule has 33 heavy (non-hydrogen) atoms. The Bertz CT molecular complexity index is 1270. The first-order valence-electron chi connectivity index (χ1n) is 9.71. The highest BCUT2D eigenvalue weighted by Crippen LogP contribution is 2.36. The standard InChI is InChI=1S/C24H16Cl2N2O3S2/c25-19-10-9-16(13-20(19)26)27-22(29)14-31-18-8-4-5-15(11-18)12-21-23(30)28(24(32)33-21)17-6-2-1-3-7-17/h1-13H,14H2,(H,27,29)/b21-12-. The molecule has 9 heteroatoms. The van der Waals surface area contributed by atoms with Crippen LogP contribution in [0.2, 0.25) is 10.0 Å². The molecule has 1 saturated heterocycles. The molecule has 1 heterocycles. The van der Waals surface area contributed by atoms with Gasteiger partial charge in [0.1, 0.15) is 5.75 Å². The van der Waals surface area contributed by atoms with Gasteiger partial charge in [-0.1, -0.05) is 77.5 Å². The van der Waals surface area contributed by atoms with Crippen LogP contribution in [0.1, 0.15) is 5.56 Å². The molecule has 1 aliphatic heterocycles. The average Bonchev–Trinajstić information content (AvgIpc) is 3.08. The maximum absolute atomic E-state index is 12.9. The summed E-state index contributed by atoms with van der Waals surface area (Å²) in [7, 11) is 0. The largest absolute Gasteiger partial charge is 0.484 e. The third-order valence-corrected chi connectivity index (χ3v) is 6.58. The molecular weight excluding hydrogens is 499 g/mol. The van der Waals surface area contributed by atoms with Gasteiger partial charge in [0.05, 0.1) is 20.6 Å². The van der Waals surface area contributed by atoms with Crippen LogP contribution in [-0.4, -0.2) is 22.7 Å². The first kappa shape index (κ1) is 23.3. The van der Waals surface area contributed by atoms with Gasteiger partial charge in [0.2, 0.25) is 0 Å². The maximum Gasteiger partial charge on any atom is 0.270 e. The van der Waals surface area contributed by atoms with Crippen molar-refractivity contribution in [3.8, 4) is 5.75 Å². The number of rotatable bonds is 6. The summed E-state index contributed by atoms with van der Waals surface area (Å²) >= 11 is 18.5. The lowest BCUT2D eigenvalue weighted by Gasteiger charge is -2.13. The Morgan fingerprint density at radius 3 is 2.58 bits per heavy atom. The number of benzene rings is 3. The van der Waals surface area contributed by atoms with Crippen molar-refractivity contribution < 1.29 is 14.3 Å². The van der Waals surface area contributed by atoms with Gasteiger partial charge in [-0.25, -0.2) is 0 Å². The first-order valence-corrected chi connectivity index (χ1v) is 11.7. The van der Waals surface area contributed by atoms with Crippen LogP contribution in [0.5, 0.6) is 5.75 Å². The number of thioether (sulfide) groups is 1. The van der Waals surface area contributed by atoms with Gasteiger partial charge < -0.3 is 10.1 Å². The number of nitrogens with zero attached hydrogens (tertiary/aromatic N) is 1. The smallest absolute Gasteiger partial charge is 0.270 e. The Hall–Kier alpha value is -2.84. The molecule has 0 aliphatic carbocycles. The van der Waals surface area contributed by atoms with Crippen LogP contribution in [-0.2, 0) is 9.59 Å². The molecule has 3 aromatic carbocycles. The van der Waals surface area contributed by atoms with Gasteiger partial charge in [-0.05, 0) is 54.1 Å². The Morgan fingerprint density at radius 2 is 1.82 bits per heavy atom. The van der Waals surface area contributed by atoms with Crippen molar-refractivity contribution in [2.75, 3.05) is 16.8 Å². The summed E-state index contributed by atoms with van der Waals surface area (Å²) in [4.78, 5) is 27.1. The van der Waals surface area contributed by atoms with E-state index in [0.717, 1.165) is 11.3 Å². The Labute approximate surface area is 210 Å². The van der Waals surface area contributed by atoms with Crippen LogP contribution in [0.4, 0.5) is 11.4 Å². The lowest BCUT2D eigenvalue weighted by molar-refractivity contribution is -0.118. The van der Waals surface area contributed by atoms with E-state index in [0.29, 0.717) is 30.7 Å². The fraction of sp³-hybridized carbons (Fsp3) is 0.0417. The molecule has 0 atom stereocenters. The number of halogens is 2. The molecular formula is C24H16Cl2N2O3S2. The van der Waals surface area contributed by atoms with E-state index in [1.807, 2.05) is 36.4 Å². The zero-order valence-corrected chi connectivity index (χ0v) is 20.1. The SMILES string of the molecule is O=C(COc1cccc(/C=C2\SC(=S)N(c3ccccc3)C2=O)c1)Nc1ccc(Cl)c(Cl)c1. The second-order valence-corrected chi connectivity index (χ2v) is 9.38. The molecule has 166 valence electrons. The predicted molar refractivity (Wildman–Crippen MR) is 139 cm³/mol. The predicted octanol–water partition coefficient (Wildman–Crippen LogP) is 6.42. The number of hydrogen-bond donors (Lipinski definition) is 1. The third-order valence-electron chi connectivity index (χ3n) is 4.54. The fourth-order valence-corrected chi connectivity index (χ4v) is 4.63. The summed E-state index contributed by atoms with van der Waals surface area (Å²) in [6.45, 7) is -0.195. The number of ether oxygens (including phenoxy) is 1. The van der Waals surface area contributed by atoms with Crippen LogP contribution in [0, 0.1) is 0 Å². The molecule has 5 nitrogen and oxygen atoms in total. The zero-order chi connectivity index (χ0) is 23.4. The highest BCUT2D eigenvalue weighted by Gasteiger charge is 2.33. The summed E-state index contributed by atoms with van der Waals surface area (Å²) < 4.78 is 6.09. The van der Waals surface area contributed by atoms with Crippen molar-refractivity contribution >= 4 is 80.8 Å². The molecule has 2 amide bonds. The Morgan fingerprint density at radius 1 is 1.03 bits per heavy atom. The lowest BCUT2D eigenvalue weighted by atomic mass is 10.2. The van der Waals surface area contributed by atoms with Crippen LogP contribution in [0.3, 0.4) is 0 Å². The van der Waals surface area contributed by atoms with Crippen molar-refractivity contribution in [2.24, 2.45) is 0 Å². The zero-order valence-electron chi connectivity index (χ0n) is 17.0. The quantitative estimate of drug-likeness (QED) is 0.304. The van der Waals surface area contributed by atoms with Crippen LogP contribution >= 0.6 is 47.2 Å². The molecule has 1 N–H and O–H groups in total. The maximum atomic E-state index is 12.9. The number of carbonyl (C=O) groups is 2. The molecule has 1 aliphatic rings. The molecule has 0 radical (unpaired) electrons. The normalized spacial score (nSPS) is 14.6. The van der Waals surface area contributed by atoms with Crippen molar-refractivity contribution in [2.45, 2.75) is 0 Å². The number of carbonyl (C=O) groups excluding carboxylic acids is 2. The number of nitrogens with one attached hydrogen (secondary N) is 1. The van der Waals surface area contributed by atoms with E-state index in [4.69, 9.17) is 40.2 Å². The first-order chi connectivity index (χ1) is 15.9. The van der Waals surface area contributed by atoms with Gasteiger partial charge in [0.15, 0.2) is 10.9 Å². The minimum Gasteiger partial charge on any atom is -0.484 e. The number of hydrogen-bond acceptors (Lipinski definition) is 5. The van der Waals surface area contributed by atoms with E-state index < -0.39 is 0 Å². The molecule has 0 unspecified atom stereocenters. The van der Waals surface area contributed by atoms with E-state index in [2.05, 4.69) is 5.32 Å². The molecule has 4 rings (SSSR count). The van der Waals surface area contributed by atoms with Gasteiger partial charge in [-0.3, -0.25) is 14.5 Å². The highest BCUT2D eigenvalue weighted by atomic mass is 35.5. The van der Waals surface area contributed by atoms with Gasteiger partial charge >= 0.3 is 0 Å². The van der Waals surface area contributed by atoms with E-state index >= 15 is 0 Å². The number of amides is 2.